The van der Waals surface area contributed by atoms with Crippen molar-refractivity contribution in [3.8, 4) is 11.8 Å². The predicted octanol–water partition coefficient (Wildman–Crippen LogP) is 3.67. The lowest BCUT2D eigenvalue weighted by Crippen LogP contribution is -2.44. The quantitative estimate of drug-likeness (QED) is 0.680. The van der Waals surface area contributed by atoms with Gasteiger partial charge in [0, 0.05) is 35.6 Å². The van der Waals surface area contributed by atoms with Crippen LogP contribution in [0, 0.1) is 11.3 Å². The summed E-state index contributed by atoms with van der Waals surface area (Å²) in [5.74, 6) is 0.653. The molecule has 1 aliphatic rings. The average Bonchev–Trinajstić information content (AvgIpc) is 2.78. The molecular formula is C23H23N3O3S. The maximum Gasteiger partial charge on any atom is 0.241 e. The van der Waals surface area contributed by atoms with Crippen molar-refractivity contribution in [3.63, 3.8) is 0 Å². The van der Waals surface area contributed by atoms with Gasteiger partial charge in [-0.15, -0.1) is 0 Å². The molecule has 1 saturated heterocycles. The number of hydrogen-bond acceptors (Lipinski definition) is 5. The summed E-state index contributed by atoms with van der Waals surface area (Å²) in [6.07, 6.45) is 1.43. The van der Waals surface area contributed by atoms with Crippen LogP contribution in [0.4, 0.5) is 5.69 Å². The molecule has 1 heterocycles. The van der Waals surface area contributed by atoms with Crippen molar-refractivity contribution in [1.82, 2.24) is 4.72 Å². The zero-order chi connectivity index (χ0) is 21.1. The molecule has 6 nitrogen and oxygen atoms in total. The van der Waals surface area contributed by atoms with E-state index in [1.165, 1.54) is 0 Å². The molecule has 0 unspecified atom stereocenters. The number of rotatable bonds is 5. The number of methoxy groups -OCH3 is 1. The Labute approximate surface area is 176 Å². The smallest absolute Gasteiger partial charge is 0.241 e. The average molecular weight is 422 g/mol. The number of piperidine rings is 1. The number of sulfonamides is 1. The number of nitrogens with one attached hydrogen (secondary N) is 1. The Kier molecular flexibility index (Phi) is 5.62. The molecule has 1 N–H and O–H groups in total. The van der Waals surface area contributed by atoms with E-state index < -0.39 is 10.0 Å². The first kappa shape index (κ1) is 20.2. The molecule has 0 aromatic heterocycles. The van der Waals surface area contributed by atoms with E-state index in [9.17, 15) is 8.42 Å². The summed E-state index contributed by atoms with van der Waals surface area (Å²) >= 11 is 0. The highest BCUT2D eigenvalue weighted by Crippen LogP contribution is 2.31. The van der Waals surface area contributed by atoms with Gasteiger partial charge in [-0.1, -0.05) is 24.3 Å². The maximum atomic E-state index is 13.1. The van der Waals surface area contributed by atoms with Crippen LogP contribution in [0.3, 0.4) is 0 Å². The first-order chi connectivity index (χ1) is 14.5. The van der Waals surface area contributed by atoms with E-state index in [-0.39, 0.29) is 10.9 Å². The molecule has 1 aliphatic heterocycles. The van der Waals surface area contributed by atoms with Crippen molar-refractivity contribution >= 4 is 26.5 Å². The summed E-state index contributed by atoms with van der Waals surface area (Å²) in [7, 11) is -2.08. The molecule has 3 aromatic carbocycles. The minimum Gasteiger partial charge on any atom is -0.496 e. The molecule has 0 aliphatic carbocycles. The zero-order valence-corrected chi connectivity index (χ0v) is 17.5. The van der Waals surface area contributed by atoms with E-state index in [4.69, 9.17) is 10.00 Å². The summed E-state index contributed by atoms with van der Waals surface area (Å²) in [5, 5.41) is 10.4. The summed E-state index contributed by atoms with van der Waals surface area (Å²) in [6.45, 7) is 1.50. The molecule has 0 bridgehead atoms. The largest absolute Gasteiger partial charge is 0.496 e. The van der Waals surface area contributed by atoms with Gasteiger partial charge < -0.3 is 9.64 Å². The lowest BCUT2D eigenvalue weighted by atomic mass is 10.1. The Morgan fingerprint density at radius 3 is 2.30 bits per heavy atom. The van der Waals surface area contributed by atoms with Gasteiger partial charge in [-0.05, 0) is 49.2 Å². The van der Waals surface area contributed by atoms with E-state index in [0.717, 1.165) is 24.2 Å². The fraction of sp³-hybridized carbons (Fsp3) is 0.261. The summed E-state index contributed by atoms with van der Waals surface area (Å²) in [5.41, 5.74) is 1.68. The Bertz CT molecular complexity index is 1190. The van der Waals surface area contributed by atoms with Crippen molar-refractivity contribution in [2.75, 3.05) is 25.1 Å². The first-order valence-electron chi connectivity index (χ1n) is 9.85. The van der Waals surface area contributed by atoms with Crippen LogP contribution >= 0.6 is 0 Å². The van der Waals surface area contributed by atoms with Gasteiger partial charge in [-0.3, -0.25) is 0 Å². The van der Waals surface area contributed by atoms with Crippen LogP contribution in [0.2, 0.25) is 0 Å². The van der Waals surface area contributed by atoms with Gasteiger partial charge >= 0.3 is 0 Å². The van der Waals surface area contributed by atoms with Crippen LogP contribution in [0.25, 0.3) is 10.8 Å². The molecule has 0 saturated carbocycles. The predicted molar refractivity (Wildman–Crippen MR) is 117 cm³/mol. The van der Waals surface area contributed by atoms with Crippen LogP contribution in [0.1, 0.15) is 18.4 Å². The van der Waals surface area contributed by atoms with Gasteiger partial charge in [-0.2, -0.15) is 5.26 Å². The molecule has 1 fully saturated rings. The van der Waals surface area contributed by atoms with Gasteiger partial charge in [-0.25, -0.2) is 13.1 Å². The highest BCUT2D eigenvalue weighted by molar-refractivity contribution is 7.89. The van der Waals surface area contributed by atoms with Crippen molar-refractivity contribution in [1.29, 1.82) is 5.26 Å². The highest BCUT2D eigenvalue weighted by atomic mass is 32.2. The van der Waals surface area contributed by atoms with Crippen molar-refractivity contribution in [3.05, 3.63) is 66.2 Å². The van der Waals surface area contributed by atoms with Gasteiger partial charge in [0.1, 0.15) is 5.75 Å². The third-order valence-corrected chi connectivity index (χ3v) is 7.11. The lowest BCUT2D eigenvalue weighted by molar-refractivity contribution is 0.419. The topological polar surface area (TPSA) is 82.4 Å². The Balaban J connectivity index is 1.49. The first-order valence-corrected chi connectivity index (χ1v) is 11.3. The molecule has 0 radical (unpaired) electrons. The van der Waals surface area contributed by atoms with Crippen LogP contribution in [-0.2, 0) is 10.0 Å². The summed E-state index contributed by atoms with van der Waals surface area (Å²) in [6, 6.07) is 20.2. The van der Waals surface area contributed by atoms with E-state index in [1.807, 2.05) is 30.3 Å². The molecule has 154 valence electrons. The Morgan fingerprint density at radius 1 is 1.00 bits per heavy atom. The van der Waals surface area contributed by atoms with Crippen LogP contribution in [0.5, 0.6) is 5.75 Å². The maximum absolute atomic E-state index is 13.1. The van der Waals surface area contributed by atoms with Crippen LogP contribution in [0.15, 0.2) is 65.6 Å². The molecule has 0 atom stereocenters. The summed E-state index contributed by atoms with van der Waals surface area (Å²) in [4.78, 5) is 2.49. The molecule has 7 heteroatoms. The number of hydrogen-bond donors (Lipinski definition) is 1. The van der Waals surface area contributed by atoms with Crippen LogP contribution in [-0.4, -0.2) is 34.7 Å². The Morgan fingerprint density at radius 2 is 1.67 bits per heavy atom. The third-order valence-electron chi connectivity index (χ3n) is 5.53. The van der Waals surface area contributed by atoms with Gasteiger partial charge in [0.25, 0.3) is 0 Å². The van der Waals surface area contributed by atoms with Crippen molar-refractivity contribution < 1.29 is 13.2 Å². The van der Waals surface area contributed by atoms with Crippen molar-refractivity contribution in [2.24, 2.45) is 0 Å². The highest BCUT2D eigenvalue weighted by Gasteiger charge is 2.26. The van der Waals surface area contributed by atoms with E-state index in [1.54, 1.807) is 37.4 Å². The second-order valence-electron chi connectivity index (χ2n) is 7.35. The van der Waals surface area contributed by atoms with Crippen LogP contribution < -0.4 is 14.4 Å². The number of nitriles is 1. The zero-order valence-electron chi connectivity index (χ0n) is 16.7. The molecular weight excluding hydrogens is 398 g/mol. The Hall–Kier alpha value is -3.08. The molecule has 30 heavy (non-hydrogen) atoms. The standard InChI is InChI=1S/C23H23N3O3S/c1-29-22-10-11-23(21-5-3-2-4-20(21)22)30(27,28)25-18-12-14-26(15-13-18)19-8-6-17(16-24)7-9-19/h2-11,18,25H,12-15H2,1H3. The fourth-order valence-electron chi connectivity index (χ4n) is 3.94. The summed E-state index contributed by atoms with van der Waals surface area (Å²) < 4.78 is 34.5. The minimum absolute atomic E-state index is 0.120. The SMILES string of the molecule is COc1ccc(S(=O)(=O)NC2CCN(c3ccc(C#N)cc3)CC2)c2ccccc12. The fourth-order valence-corrected chi connectivity index (χ4v) is 5.46. The number of nitrogens with zero attached hydrogens (tertiary/aromatic N) is 2. The van der Waals surface area contributed by atoms with E-state index >= 15 is 0 Å². The minimum atomic E-state index is -3.66. The molecule has 3 aromatic rings. The second kappa shape index (κ2) is 8.34. The van der Waals surface area contributed by atoms with Crippen molar-refractivity contribution in [2.45, 2.75) is 23.8 Å². The lowest BCUT2D eigenvalue weighted by Gasteiger charge is -2.34. The van der Waals surface area contributed by atoms with Gasteiger partial charge in [0.05, 0.1) is 23.6 Å². The number of fused-ring (bicyclic) bond motifs is 1. The number of anilines is 1. The van der Waals surface area contributed by atoms with Gasteiger partial charge in [0.2, 0.25) is 10.0 Å². The van der Waals surface area contributed by atoms with E-state index in [2.05, 4.69) is 15.7 Å². The number of ether oxygens (including phenoxy) is 1. The molecule has 4 rings (SSSR count). The molecule has 0 amide bonds. The second-order valence-corrected chi connectivity index (χ2v) is 9.04. The third kappa shape index (κ3) is 3.97. The monoisotopic (exact) mass is 421 g/mol. The van der Waals surface area contributed by atoms with Gasteiger partial charge in [0.15, 0.2) is 0 Å². The normalized spacial score (nSPS) is 15.1. The molecule has 0 spiro atoms. The van der Waals surface area contributed by atoms with E-state index in [0.29, 0.717) is 29.5 Å². The number of benzene rings is 3.